The van der Waals surface area contributed by atoms with Crippen molar-refractivity contribution in [2.75, 3.05) is 7.11 Å². The molecule has 0 amide bonds. The molecule has 0 aromatic heterocycles. The molecule has 2 unspecified atom stereocenters. The van der Waals surface area contributed by atoms with Gasteiger partial charge in [-0.05, 0) is 24.1 Å². The van der Waals surface area contributed by atoms with Crippen LogP contribution in [0.2, 0.25) is 0 Å². The van der Waals surface area contributed by atoms with Crippen molar-refractivity contribution in [1.82, 2.24) is 0 Å². The van der Waals surface area contributed by atoms with Gasteiger partial charge >= 0.3 is 12.4 Å². The van der Waals surface area contributed by atoms with Crippen LogP contribution >= 0.6 is 0 Å². The number of aliphatic hydroxyl groups excluding tert-OH is 1. The first-order valence-electron chi connectivity index (χ1n) is 7.08. The van der Waals surface area contributed by atoms with Gasteiger partial charge in [0.05, 0.1) is 13.2 Å². The van der Waals surface area contributed by atoms with Gasteiger partial charge in [-0.25, -0.2) is 0 Å². The highest BCUT2D eigenvalue weighted by Crippen LogP contribution is 2.52. The summed E-state index contributed by atoms with van der Waals surface area (Å²) >= 11 is 0. The first-order valence-corrected chi connectivity index (χ1v) is 7.08. The molecule has 0 radical (unpaired) electrons. The van der Waals surface area contributed by atoms with Gasteiger partial charge in [0.1, 0.15) is 5.75 Å². The zero-order chi connectivity index (χ0) is 18.8. The molecule has 1 aromatic rings. The van der Waals surface area contributed by atoms with Crippen molar-refractivity contribution in [2.45, 2.75) is 43.8 Å². The Morgan fingerprint density at radius 2 is 1.46 bits per heavy atom. The van der Waals surface area contributed by atoms with Gasteiger partial charge in [-0.15, -0.1) is 0 Å². The van der Waals surface area contributed by atoms with Gasteiger partial charge in [-0.2, -0.15) is 26.3 Å². The van der Waals surface area contributed by atoms with Gasteiger partial charge in [-0.1, -0.05) is 25.5 Å². The molecule has 0 saturated heterocycles. The summed E-state index contributed by atoms with van der Waals surface area (Å²) in [5.74, 6) is -2.18. The molecular formula is C15H18F6O3. The Balaban J connectivity index is 3.36. The van der Waals surface area contributed by atoms with E-state index < -0.39 is 36.4 Å². The third-order valence-electron chi connectivity index (χ3n) is 3.84. The predicted molar refractivity (Wildman–Crippen MR) is 73.4 cm³/mol. The molecule has 0 aliphatic carbocycles. The van der Waals surface area contributed by atoms with Crippen LogP contribution in [0, 0.1) is 5.92 Å². The quantitative estimate of drug-likeness (QED) is 0.754. The van der Waals surface area contributed by atoms with E-state index in [0.717, 1.165) is 12.1 Å². The summed E-state index contributed by atoms with van der Waals surface area (Å²) in [6.45, 7) is 1.36. The number of alkyl halides is 6. The molecule has 2 N–H and O–H groups in total. The van der Waals surface area contributed by atoms with Crippen molar-refractivity contribution in [2.24, 2.45) is 5.92 Å². The fourth-order valence-corrected chi connectivity index (χ4v) is 2.52. The normalized spacial score (nSPS) is 15.9. The average molecular weight is 360 g/mol. The molecule has 24 heavy (non-hydrogen) atoms. The average Bonchev–Trinajstić information content (AvgIpc) is 2.49. The highest BCUT2D eigenvalue weighted by molar-refractivity contribution is 5.29. The lowest BCUT2D eigenvalue weighted by Gasteiger charge is -2.41. The van der Waals surface area contributed by atoms with Gasteiger partial charge in [0.25, 0.3) is 5.60 Å². The third-order valence-corrected chi connectivity index (χ3v) is 3.84. The summed E-state index contributed by atoms with van der Waals surface area (Å²) in [6.07, 6.45) is -14.9. The lowest BCUT2D eigenvalue weighted by Crippen LogP contribution is -2.62. The number of methoxy groups -OCH3 is 1. The molecule has 1 aromatic carbocycles. The number of hydrogen-bond acceptors (Lipinski definition) is 3. The van der Waals surface area contributed by atoms with E-state index in [1.807, 2.05) is 0 Å². The molecule has 0 heterocycles. The summed E-state index contributed by atoms with van der Waals surface area (Å²) in [4.78, 5) is 0. The van der Waals surface area contributed by atoms with E-state index in [4.69, 9.17) is 4.74 Å². The standard InChI is InChI=1S/C15H18F6O3/c1-3-4-11(13(23,14(16,17)18)15(19,20)21)12(22)9-5-7-10(24-2)8-6-9/h5-8,11-12,22-23H,3-4H2,1-2H3. The minimum absolute atomic E-state index is 0.0909. The first kappa shape index (κ1) is 20.6. The highest BCUT2D eigenvalue weighted by Gasteiger charge is 2.74. The van der Waals surface area contributed by atoms with Gasteiger partial charge in [0.2, 0.25) is 0 Å². The summed E-state index contributed by atoms with van der Waals surface area (Å²) in [7, 11) is 1.33. The van der Waals surface area contributed by atoms with E-state index in [1.54, 1.807) is 0 Å². The Bertz CT molecular complexity index is 509. The maximum absolute atomic E-state index is 13.1. The van der Waals surface area contributed by atoms with E-state index in [9.17, 15) is 36.6 Å². The maximum atomic E-state index is 13.1. The third kappa shape index (κ3) is 3.77. The fraction of sp³-hybridized carbons (Fsp3) is 0.600. The Labute approximate surface area is 134 Å². The van der Waals surface area contributed by atoms with Crippen molar-refractivity contribution >= 4 is 0 Å². The number of halogens is 6. The summed E-state index contributed by atoms with van der Waals surface area (Å²) in [6, 6.07) is 4.89. The Morgan fingerprint density at radius 3 is 1.79 bits per heavy atom. The molecule has 0 aliphatic heterocycles. The Morgan fingerprint density at radius 1 is 1.00 bits per heavy atom. The SMILES string of the molecule is CCCC(C(O)c1ccc(OC)cc1)C(O)(C(F)(F)F)C(F)(F)F. The van der Waals surface area contributed by atoms with Crippen LogP contribution in [0.3, 0.4) is 0 Å². The van der Waals surface area contributed by atoms with Crippen LogP contribution in [0.5, 0.6) is 5.75 Å². The summed E-state index contributed by atoms with van der Waals surface area (Å²) < 4.78 is 83.2. The smallest absolute Gasteiger partial charge is 0.426 e. The largest absolute Gasteiger partial charge is 0.497 e. The Hall–Kier alpha value is -1.48. The molecule has 2 atom stereocenters. The van der Waals surface area contributed by atoms with E-state index in [1.165, 1.54) is 26.2 Å². The second-order valence-corrected chi connectivity index (χ2v) is 5.38. The van der Waals surface area contributed by atoms with Crippen molar-refractivity contribution in [3.8, 4) is 5.75 Å². The number of ether oxygens (including phenoxy) is 1. The topological polar surface area (TPSA) is 49.7 Å². The van der Waals surface area contributed by atoms with E-state index in [0.29, 0.717) is 5.75 Å². The monoisotopic (exact) mass is 360 g/mol. The van der Waals surface area contributed by atoms with Crippen LogP contribution in [0.25, 0.3) is 0 Å². The van der Waals surface area contributed by atoms with Crippen molar-refractivity contribution < 1.29 is 41.3 Å². The van der Waals surface area contributed by atoms with Crippen LogP contribution in [0.4, 0.5) is 26.3 Å². The highest BCUT2D eigenvalue weighted by atomic mass is 19.4. The van der Waals surface area contributed by atoms with Crippen molar-refractivity contribution in [3.63, 3.8) is 0 Å². The lowest BCUT2D eigenvalue weighted by molar-refractivity contribution is -0.392. The van der Waals surface area contributed by atoms with Crippen molar-refractivity contribution in [1.29, 1.82) is 0 Å². The molecule has 3 nitrogen and oxygen atoms in total. The summed E-state index contributed by atoms with van der Waals surface area (Å²) in [5, 5.41) is 19.7. The van der Waals surface area contributed by atoms with Crippen LogP contribution < -0.4 is 4.74 Å². The zero-order valence-corrected chi connectivity index (χ0v) is 12.9. The fourth-order valence-electron chi connectivity index (χ4n) is 2.52. The molecule has 0 bridgehead atoms. The first-order chi connectivity index (χ1) is 10.9. The Kier molecular flexibility index (Phi) is 6.15. The van der Waals surface area contributed by atoms with Gasteiger partial charge in [-0.3, -0.25) is 0 Å². The second kappa shape index (κ2) is 7.18. The van der Waals surface area contributed by atoms with Crippen LogP contribution in [0.15, 0.2) is 24.3 Å². The van der Waals surface area contributed by atoms with Crippen LogP contribution in [0.1, 0.15) is 31.4 Å². The molecule has 0 fully saturated rings. The minimum atomic E-state index is -5.99. The molecule has 0 saturated carbocycles. The minimum Gasteiger partial charge on any atom is -0.497 e. The number of aliphatic hydroxyl groups is 2. The second-order valence-electron chi connectivity index (χ2n) is 5.38. The molecular weight excluding hydrogens is 342 g/mol. The number of hydrogen-bond donors (Lipinski definition) is 2. The van der Waals surface area contributed by atoms with E-state index in [2.05, 4.69) is 0 Å². The van der Waals surface area contributed by atoms with Crippen LogP contribution in [-0.2, 0) is 0 Å². The summed E-state index contributed by atoms with van der Waals surface area (Å²) in [5.41, 5.74) is -5.20. The lowest BCUT2D eigenvalue weighted by atomic mass is 9.77. The number of benzene rings is 1. The number of rotatable bonds is 6. The van der Waals surface area contributed by atoms with Gasteiger partial charge in [0.15, 0.2) is 0 Å². The van der Waals surface area contributed by atoms with Crippen molar-refractivity contribution in [3.05, 3.63) is 29.8 Å². The zero-order valence-electron chi connectivity index (χ0n) is 12.9. The molecule has 138 valence electrons. The molecule has 0 spiro atoms. The van der Waals surface area contributed by atoms with Crippen LogP contribution in [-0.4, -0.2) is 35.3 Å². The molecule has 1 rings (SSSR count). The van der Waals surface area contributed by atoms with Gasteiger partial charge < -0.3 is 14.9 Å². The maximum Gasteiger partial charge on any atom is 0.426 e. The predicted octanol–water partition coefficient (Wildman–Crippen LogP) is 4.00. The van der Waals surface area contributed by atoms with Gasteiger partial charge in [0, 0.05) is 5.92 Å². The van der Waals surface area contributed by atoms with E-state index >= 15 is 0 Å². The molecule has 0 aliphatic rings. The molecule has 9 heteroatoms. The van der Waals surface area contributed by atoms with E-state index in [-0.39, 0.29) is 12.0 Å².